The molecule has 3 fully saturated rings. The van der Waals surface area contributed by atoms with Crippen LogP contribution in [-0.2, 0) is 11.0 Å². The summed E-state index contributed by atoms with van der Waals surface area (Å²) in [6, 6.07) is 3.37. The predicted octanol–water partition coefficient (Wildman–Crippen LogP) is 5.01. The third kappa shape index (κ3) is 5.92. The van der Waals surface area contributed by atoms with Gasteiger partial charge < -0.3 is 9.80 Å². The van der Waals surface area contributed by atoms with Crippen LogP contribution in [0.2, 0.25) is 0 Å². The summed E-state index contributed by atoms with van der Waals surface area (Å²) in [5.41, 5.74) is -2.23. The van der Waals surface area contributed by atoms with Crippen molar-refractivity contribution in [2.45, 2.75) is 49.0 Å². The first-order chi connectivity index (χ1) is 22.4. The van der Waals surface area contributed by atoms with Gasteiger partial charge in [0.15, 0.2) is 0 Å². The molecule has 2 atom stereocenters. The number of carbonyl (C=O) groups is 1. The van der Waals surface area contributed by atoms with E-state index in [9.17, 15) is 27.2 Å². The normalized spacial score (nSPS) is 22.6. The van der Waals surface area contributed by atoms with E-state index in [0.717, 1.165) is 56.1 Å². The molecule has 4 heterocycles. The summed E-state index contributed by atoms with van der Waals surface area (Å²) in [5.74, 6) is -1.92. The van der Waals surface area contributed by atoms with Crippen molar-refractivity contribution >= 4 is 34.4 Å². The lowest BCUT2D eigenvalue weighted by Crippen LogP contribution is -2.54. The van der Waals surface area contributed by atoms with Gasteiger partial charge in [0.05, 0.1) is 17.1 Å². The van der Waals surface area contributed by atoms with Crippen LogP contribution in [0.4, 0.5) is 27.8 Å². The van der Waals surface area contributed by atoms with Gasteiger partial charge in [-0.1, -0.05) is 6.58 Å². The number of hydrogen-bond donors (Lipinski definition) is 0. The number of benzene rings is 2. The quantitative estimate of drug-likeness (QED) is 0.269. The van der Waals surface area contributed by atoms with Crippen LogP contribution in [0.25, 0.3) is 22.0 Å². The van der Waals surface area contributed by atoms with Crippen LogP contribution in [0.3, 0.4) is 0 Å². The molecule has 4 aliphatic rings. The van der Waals surface area contributed by atoms with Crippen LogP contribution < -0.4 is 10.6 Å². The van der Waals surface area contributed by atoms with Gasteiger partial charge in [0.1, 0.15) is 17.5 Å². The van der Waals surface area contributed by atoms with Gasteiger partial charge in [-0.2, -0.15) is 18.2 Å². The van der Waals surface area contributed by atoms with Gasteiger partial charge in [0.2, 0.25) is 5.91 Å². The molecule has 0 spiro atoms. The van der Waals surface area contributed by atoms with Crippen LogP contribution in [0, 0.1) is 11.6 Å². The summed E-state index contributed by atoms with van der Waals surface area (Å²) in [6.07, 6.45) is -1.25. The van der Waals surface area contributed by atoms with Gasteiger partial charge in [-0.05, 0) is 44.0 Å². The molecule has 8 nitrogen and oxygen atoms in total. The van der Waals surface area contributed by atoms with Crippen molar-refractivity contribution < 1.29 is 26.7 Å². The number of alkyl halides is 3. The van der Waals surface area contributed by atoms with E-state index in [-0.39, 0.29) is 64.5 Å². The Morgan fingerprint density at radius 2 is 1.83 bits per heavy atom. The standard InChI is InChI=1S/C33H35F5N6O2S/c1-3-27(45)42-12-13-43(19(2)16-42)31-24-15-25(33(36,37)38)28(23-7-4-20(34)14-26(23)35)30-29(24)44(32(46)39-31)22(18-47-30)17-40-8-10-41(11-9-40)21-5-6-21/h3-4,7,14-15,19,21-22H,1,5-6,8-13,16-18H2,2H3/t19-,22-/m0/s1. The van der Waals surface area contributed by atoms with Gasteiger partial charge in [0.25, 0.3) is 0 Å². The summed E-state index contributed by atoms with van der Waals surface area (Å²) >= 11 is 1.16. The summed E-state index contributed by atoms with van der Waals surface area (Å²) < 4.78 is 75.5. The van der Waals surface area contributed by atoms with E-state index in [0.29, 0.717) is 18.7 Å². The zero-order valence-electron chi connectivity index (χ0n) is 25.9. The molecule has 0 N–H and O–H groups in total. The molecule has 47 heavy (non-hydrogen) atoms. The highest BCUT2D eigenvalue weighted by Crippen LogP contribution is 2.50. The van der Waals surface area contributed by atoms with Gasteiger partial charge in [-0.3, -0.25) is 19.2 Å². The summed E-state index contributed by atoms with van der Waals surface area (Å²) in [4.78, 5) is 39.0. The average Bonchev–Trinajstić information content (AvgIpc) is 3.88. The fraction of sp³-hybridized carbons (Fsp3) is 0.485. The Morgan fingerprint density at radius 1 is 1.09 bits per heavy atom. The second kappa shape index (κ2) is 12.2. The fourth-order valence-corrected chi connectivity index (χ4v) is 8.60. The van der Waals surface area contributed by atoms with Gasteiger partial charge in [0, 0.05) is 97.7 Å². The van der Waals surface area contributed by atoms with Crippen LogP contribution in [-0.4, -0.2) is 100 Å². The highest BCUT2D eigenvalue weighted by atomic mass is 32.2. The van der Waals surface area contributed by atoms with Crippen LogP contribution in [0.5, 0.6) is 0 Å². The molecule has 0 unspecified atom stereocenters. The van der Waals surface area contributed by atoms with Crippen LogP contribution in [0.15, 0.2) is 46.6 Å². The van der Waals surface area contributed by atoms with E-state index in [2.05, 4.69) is 21.4 Å². The number of carbonyl (C=O) groups excluding carboxylic acids is 1. The summed E-state index contributed by atoms with van der Waals surface area (Å²) in [5, 5.41) is 0.129. The molecule has 1 saturated carbocycles. The zero-order valence-corrected chi connectivity index (χ0v) is 26.7. The third-order valence-electron chi connectivity index (χ3n) is 9.76. The Morgan fingerprint density at radius 3 is 2.47 bits per heavy atom. The first kappa shape index (κ1) is 32.1. The molecule has 0 bridgehead atoms. The van der Waals surface area contributed by atoms with E-state index >= 15 is 4.39 Å². The molecular formula is C33H35F5N6O2S. The molecule has 2 saturated heterocycles. The van der Waals surface area contributed by atoms with Gasteiger partial charge in [-0.25, -0.2) is 13.6 Å². The number of halogens is 5. The molecule has 250 valence electrons. The largest absolute Gasteiger partial charge is 0.417 e. The molecule has 2 aromatic carbocycles. The first-order valence-electron chi connectivity index (χ1n) is 15.9. The van der Waals surface area contributed by atoms with Crippen molar-refractivity contribution in [2.75, 3.05) is 63.0 Å². The van der Waals surface area contributed by atoms with Gasteiger partial charge >= 0.3 is 11.9 Å². The smallest absolute Gasteiger partial charge is 0.350 e. The molecular weight excluding hydrogens is 639 g/mol. The van der Waals surface area contributed by atoms with Gasteiger partial charge in [-0.15, -0.1) is 11.8 Å². The topological polar surface area (TPSA) is 64.9 Å². The number of aromatic nitrogens is 2. The molecule has 1 aliphatic carbocycles. The van der Waals surface area contributed by atoms with Crippen molar-refractivity contribution in [3.8, 4) is 11.1 Å². The Labute approximate surface area is 272 Å². The Bertz CT molecular complexity index is 1800. The monoisotopic (exact) mass is 674 g/mol. The number of hydrogen-bond acceptors (Lipinski definition) is 7. The van der Waals surface area contributed by atoms with Crippen molar-refractivity contribution in [3.63, 3.8) is 0 Å². The summed E-state index contributed by atoms with van der Waals surface area (Å²) in [7, 11) is 0. The second-order valence-electron chi connectivity index (χ2n) is 12.8. The number of nitrogens with zero attached hydrogens (tertiary/aromatic N) is 6. The number of rotatable bonds is 6. The molecule has 0 radical (unpaired) electrons. The van der Waals surface area contributed by atoms with Crippen molar-refractivity contribution in [3.05, 3.63) is 64.6 Å². The highest BCUT2D eigenvalue weighted by Gasteiger charge is 2.41. The highest BCUT2D eigenvalue weighted by molar-refractivity contribution is 7.99. The maximum atomic E-state index is 15.3. The van der Waals surface area contributed by atoms with E-state index in [1.54, 1.807) is 9.80 Å². The number of thioether (sulfide) groups is 1. The maximum Gasteiger partial charge on any atom is 0.417 e. The molecule has 3 aromatic rings. The first-order valence-corrected chi connectivity index (χ1v) is 16.9. The minimum Gasteiger partial charge on any atom is -0.350 e. The average molecular weight is 675 g/mol. The Balaban J connectivity index is 1.39. The van der Waals surface area contributed by atoms with E-state index in [4.69, 9.17) is 0 Å². The lowest BCUT2D eigenvalue weighted by Gasteiger charge is -2.41. The lowest BCUT2D eigenvalue weighted by molar-refractivity contribution is -0.137. The van der Waals surface area contributed by atoms with Crippen LogP contribution in [0.1, 0.15) is 31.4 Å². The van der Waals surface area contributed by atoms with E-state index < -0.39 is 40.7 Å². The van der Waals surface area contributed by atoms with E-state index in [1.165, 1.54) is 23.5 Å². The third-order valence-corrected chi connectivity index (χ3v) is 11.0. The SMILES string of the molecule is C=CC(=O)N1CCN(c2nc(=O)n3c4c(c(-c5ccc(F)cc5F)c(C(F)(F)F)cc24)SC[C@@H]3CN2CCN(C3CC3)CC2)[C@@H](C)C1. The predicted molar refractivity (Wildman–Crippen MR) is 171 cm³/mol. The van der Waals surface area contributed by atoms with E-state index in [1.807, 2.05) is 6.92 Å². The number of piperazine rings is 2. The minimum atomic E-state index is -4.90. The fourth-order valence-electron chi connectivity index (χ4n) is 7.28. The molecule has 3 aliphatic heterocycles. The minimum absolute atomic E-state index is 0.0941. The number of anilines is 1. The zero-order chi connectivity index (χ0) is 33.2. The number of amides is 1. The maximum absolute atomic E-state index is 15.3. The molecule has 14 heteroatoms. The van der Waals surface area contributed by atoms with Crippen LogP contribution >= 0.6 is 11.8 Å². The lowest BCUT2D eigenvalue weighted by atomic mass is 9.95. The van der Waals surface area contributed by atoms with Crippen molar-refractivity contribution in [1.29, 1.82) is 0 Å². The van der Waals surface area contributed by atoms with Crippen molar-refractivity contribution in [1.82, 2.24) is 24.3 Å². The molecule has 7 rings (SSSR count). The second-order valence-corrected chi connectivity index (χ2v) is 13.8. The Hall–Kier alpha value is -3.49. The molecule has 1 aromatic heterocycles. The Kier molecular flexibility index (Phi) is 8.32. The van der Waals surface area contributed by atoms with Crippen molar-refractivity contribution in [2.24, 2.45) is 0 Å². The summed E-state index contributed by atoms with van der Waals surface area (Å²) in [6.45, 7) is 10.1. The molecule has 1 amide bonds.